The molecule has 4 N–H and O–H groups in total. The minimum Gasteiger partial charge on any atom is -0.464 e. The number of piperidine rings is 1. The highest BCUT2D eigenvalue weighted by Crippen LogP contribution is 2.26. The molecule has 1 amide bonds. The van der Waals surface area contributed by atoms with Crippen LogP contribution < -0.4 is 10.5 Å². The Kier molecular flexibility index (Phi) is 9.27. The second-order valence-corrected chi connectivity index (χ2v) is 12.6. The van der Waals surface area contributed by atoms with Gasteiger partial charge in [-0.15, -0.1) is 0 Å². The number of amides is 1. The van der Waals surface area contributed by atoms with Crippen LogP contribution in [0.3, 0.4) is 0 Å². The van der Waals surface area contributed by atoms with E-state index in [2.05, 4.69) is 9.62 Å². The fraction of sp³-hybridized carbons (Fsp3) is 0.483. The summed E-state index contributed by atoms with van der Waals surface area (Å²) in [5.41, 5.74) is 8.84. The van der Waals surface area contributed by atoms with Gasteiger partial charge in [0.1, 0.15) is 17.9 Å². The number of nitrogens with zero attached hydrogens (tertiary/aromatic N) is 2. The third-order valence-corrected chi connectivity index (χ3v) is 9.14. The van der Waals surface area contributed by atoms with Crippen molar-refractivity contribution in [1.29, 1.82) is 5.41 Å². The van der Waals surface area contributed by atoms with E-state index >= 15 is 0 Å². The highest BCUT2D eigenvalue weighted by Gasteiger charge is 2.39. The summed E-state index contributed by atoms with van der Waals surface area (Å²) in [7, 11) is -2.11. The number of hydrogen-bond donors (Lipinski definition) is 3. The van der Waals surface area contributed by atoms with Gasteiger partial charge in [0.15, 0.2) is 0 Å². The quantitative estimate of drug-likeness (QED) is 0.238. The Morgan fingerprint density at radius 1 is 1.18 bits per heavy atom. The number of ether oxygens (including phenoxy) is 1. The van der Waals surface area contributed by atoms with Crippen molar-refractivity contribution >= 4 is 27.7 Å². The Morgan fingerprint density at radius 2 is 1.95 bits per heavy atom. The monoisotopic (exact) mass is 569 g/mol. The predicted molar refractivity (Wildman–Crippen MR) is 152 cm³/mol. The number of hydrogen-bond acceptors (Lipinski definition) is 7. The van der Waals surface area contributed by atoms with E-state index in [-0.39, 0.29) is 29.7 Å². The first-order valence-electron chi connectivity index (χ1n) is 13.7. The summed E-state index contributed by atoms with van der Waals surface area (Å²) in [5.74, 6) is -0.882. The summed E-state index contributed by atoms with van der Waals surface area (Å²) in [6.07, 6.45) is 2.01. The number of nitrogen functional groups attached to an aromatic ring is 1. The number of sulfonamides is 1. The SMILES string of the molecule is CCOC(=O)[C@H]1C[C@H](C)CCN1C(=O)[C@@H](Cc1cccc(C(=N)N)c1)NS(=O)(=O)c1ccc2c(c1)CN(C)CC2. The molecule has 2 aromatic carbocycles. The standard InChI is InChI=1S/C29H39N5O5S/c1-4-39-29(36)26-14-19(2)10-13-34(26)28(35)25(16-20-6-5-7-22(15-20)27(30)31)32-40(37,38)24-9-8-21-11-12-33(3)18-23(21)17-24/h5-9,15,17,19,25-26,32H,4,10-14,16,18H2,1-3H3,(H3,30,31)/t19-,25-,26-/m1/s1. The molecular formula is C29H39N5O5S. The number of benzene rings is 2. The van der Waals surface area contributed by atoms with Crippen LogP contribution >= 0.6 is 0 Å². The number of carbonyl (C=O) groups excluding carboxylic acids is 2. The van der Waals surface area contributed by atoms with E-state index in [0.717, 1.165) is 24.1 Å². The largest absolute Gasteiger partial charge is 0.464 e. The molecule has 2 aliphatic heterocycles. The number of likely N-dealkylation sites (tertiary alicyclic amines) is 1. The van der Waals surface area contributed by atoms with Crippen molar-refractivity contribution in [2.75, 3.05) is 26.7 Å². The Bertz CT molecular complexity index is 1380. The van der Waals surface area contributed by atoms with E-state index in [1.807, 2.05) is 20.0 Å². The third-order valence-electron chi connectivity index (χ3n) is 7.67. The lowest BCUT2D eigenvalue weighted by Gasteiger charge is -2.38. The fourth-order valence-corrected chi connectivity index (χ4v) is 6.68. The summed E-state index contributed by atoms with van der Waals surface area (Å²) >= 11 is 0. The molecule has 216 valence electrons. The Morgan fingerprint density at radius 3 is 2.67 bits per heavy atom. The summed E-state index contributed by atoms with van der Waals surface area (Å²) < 4.78 is 35.3. The van der Waals surface area contributed by atoms with Gasteiger partial charge >= 0.3 is 5.97 Å². The summed E-state index contributed by atoms with van der Waals surface area (Å²) in [6, 6.07) is 9.95. The van der Waals surface area contributed by atoms with E-state index < -0.39 is 34.0 Å². The smallest absolute Gasteiger partial charge is 0.328 e. The van der Waals surface area contributed by atoms with Crippen LogP contribution in [0.4, 0.5) is 0 Å². The van der Waals surface area contributed by atoms with Crippen molar-refractivity contribution in [2.45, 2.75) is 63.1 Å². The fourth-order valence-electron chi connectivity index (χ4n) is 5.45. The molecule has 1 saturated heterocycles. The first kappa shape index (κ1) is 29.7. The van der Waals surface area contributed by atoms with Gasteiger partial charge in [-0.3, -0.25) is 10.2 Å². The van der Waals surface area contributed by atoms with Gasteiger partial charge in [-0.05, 0) is 80.5 Å². The van der Waals surface area contributed by atoms with E-state index in [0.29, 0.717) is 37.1 Å². The van der Waals surface area contributed by atoms with Crippen molar-refractivity contribution < 1.29 is 22.7 Å². The Balaban J connectivity index is 1.67. The molecule has 0 radical (unpaired) electrons. The zero-order valence-corrected chi connectivity index (χ0v) is 24.2. The van der Waals surface area contributed by atoms with Gasteiger partial charge in [-0.1, -0.05) is 31.2 Å². The number of carbonyl (C=O) groups is 2. The highest BCUT2D eigenvalue weighted by atomic mass is 32.2. The van der Waals surface area contributed by atoms with Crippen molar-refractivity contribution in [2.24, 2.45) is 11.7 Å². The molecule has 0 bridgehead atoms. The molecule has 0 unspecified atom stereocenters. The molecule has 4 rings (SSSR count). The number of fused-ring (bicyclic) bond motifs is 1. The lowest BCUT2D eigenvalue weighted by Crippen LogP contribution is -2.57. The number of nitrogens with two attached hydrogens (primary N) is 1. The van der Waals surface area contributed by atoms with Gasteiger partial charge < -0.3 is 20.3 Å². The molecule has 0 spiro atoms. The van der Waals surface area contributed by atoms with Crippen molar-refractivity contribution in [3.05, 3.63) is 64.7 Å². The average molecular weight is 570 g/mol. The second-order valence-electron chi connectivity index (χ2n) is 10.8. The van der Waals surface area contributed by atoms with Gasteiger partial charge in [0, 0.05) is 25.2 Å². The molecule has 11 heteroatoms. The van der Waals surface area contributed by atoms with Gasteiger partial charge in [0.25, 0.3) is 0 Å². The molecule has 2 heterocycles. The van der Waals surface area contributed by atoms with E-state index in [9.17, 15) is 18.0 Å². The number of likely N-dealkylation sites (N-methyl/N-ethyl adjacent to an activating group) is 1. The molecule has 2 aliphatic rings. The van der Waals surface area contributed by atoms with Crippen LogP contribution in [-0.4, -0.2) is 74.8 Å². The first-order valence-corrected chi connectivity index (χ1v) is 15.2. The summed E-state index contributed by atoms with van der Waals surface area (Å²) in [5, 5.41) is 7.77. The van der Waals surface area contributed by atoms with E-state index in [1.165, 1.54) is 4.90 Å². The van der Waals surface area contributed by atoms with E-state index in [1.54, 1.807) is 43.3 Å². The summed E-state index contributed by atoms with van der Waals surface area (Å²) in [4.78, 5) is 30.6. The third kappa shape index (κ3) is 6.89. The molecule has 0 saturated carbocycles. The van der Waals surface area contributed by atoms with Gasteiger partial charge in [-0.25, -0.2) is 13.2 Å². The average Bonchev–Trinajstić information content (AvgIpc) is 2.92. The predicted octanol–water partition coefficient (Wildman–Crippen LogP) is 2.04. The van der Waals surface area contributed by atoms with Gasteiger partial charge in [0.2, 0.25) is 15.9 Å². The van der Waals surface area contributed by atoms with Crippen LogP contribution in [0.2, 0.25) is 0 Å². The minimum atomic E-state index is -4.10. The zero-order chi connectivity index (χ0) is 29.0. The Labute approximate surface area is 236 Å². The topological polar surface area (TPSA) is 146 Å². The van der Waals surface area contributed by atoms with Crippen molar-refractivity contribution in [3.63, 3.8) is 0 Å². The van der Waals surface area contributed by atoms with Crippen LogP contribution in [0.25, 0.3) is 0 Å². The molecule has 0 aliphatic carbocycles. The van der Waals surface area contributed by atoms with Crippen LogP contribution in [0.1, 0.15) is 48.9 Å². The number of amidine groups is 1. The van der Waals surface area contributed by atoms with Gasteiger partial charge in [-0.2, -0.15) is 4.72 Å². The first-order chi connectivity index (χ1) is 19.0. The molecule has 10 nitrogen and oxygen atoms in total. The van der Waals surface area contributed by atoms with Crippen LogP contribution in [-0.2, 0) is 43.7 Å². The number of rotatable bonds is 9. The molecule has 1 fully saturated rings. The Hall–Kier alpha value is -3.28. The maximum atomic E-state index is 14.0. The van der Waals surface area contributed by atoms with Gasteiger partial charge in [0.05, 0.1) is 11.5 Å². The highest BCUT2D eigenvalue weighted by molar-refractivity contribution is 7.89. The van der Waals surface area contributed by atoms with E-state index in [4.69, 9.17) is 15.9 Å². The molecule has 3 atom stereocenters. The summed E-state index contributed by atoms with van der Waals surface area (Å²) in [6.45, 7) is 5.80. The number of nitrogens with one attached hydrogen (secondary N) is 2. The van der Waals surface area contributed by atoms with Crippen molar-refractivity contribution in [3.8, 4) is 0 Å². The lowest BCUT2D eigenvalue weighted by atomic mass is 9.91. The van der Waals surface area contributed by atoms with Crippen molar-refractivity contribution in [1.82, 2.24) is 14.5 Å². The molecule has 2 aromatic rings. The van der Waals surface area contributed by atoms with Crippen LogP contribution in [0.15, 0.2) is 47.4 Å². The normalized spacial score (nSPS) is 20.4. The molecular weight excluding hydrogens is 530 g/mol. The maximum absolute atomic E-state index is 14.0. The minimum absolute atomic E-state index is 0.0223. The molecule has 0 aromatic heterocycles. The van der Waals surface area contributed by atoms with Crippen LogP contribution in [0, 0.1) is 11.3 Å². The maximum Gasteiger partial charge on any atom is 0.328 e. The zero-order valence-electron chi connectivity index (χ0n) is 23.4. The lowest BCUT2D eigenvalue weighted by molar-refractivity contribution is -0.158. The second kappa shape index (κ2) is 12.5. The number of esters is 1. The van der Waals surface area contributed by atoms with Crippen LogP contribution in [0.5, 0.6) is 0 Å². The molecule has 40 heavy (non-hydrogen) atoms.